The van der Waals surface area contributed by atoms with E-state index >= 15 is 0 Å². The van der Waals surface area contributed by atoms with Crippen molar-refractivity contribution in [1.82, 2.24) is 0 Å². The molecule has 0 saturated heterocycles. The summed E-state index contributed by atoms with van der Waals surface area (Å²) in [7, 11) is -2.44. The van der Waals surface area contributed by atoms with Gasteiger partial charge in [0.25, 0.3) is 0 Å². The molecular weight excluding hydrogens is 281 g/mol. The molecule has 0 aliphatic heterocycles. The van der Waals surface area contributed by atoms with Gasteiger partial charge in [0.15, 0.2) is 0 Å². The molecule has 0 unspecified atom stereocenters. The number of rotatable bonds is 8. The van der Waals surface area contributed by atoms with Gasteiger partial charge in [0.05, 0.1) is 13.2 Å². The van der Waals surface area contributed by atoms with E-state index in [1.165, 1.54) is 13.2 Å². The third-order valence-corrected chi connectivity index (χ3v) is 5.20. The largest absolute Gasteiger partial charge is 0.381 e. The van der Waals surface area contributed by atoms with E-state index in [4.69, 9.17) is 19.5 Å². The molecule has 1 aromatic carbocycles. The van der Waals surface area contributed by atoms with Crippen molar-refractivity contribution in [2.45, 2.75) is 19.3 Å². The Balaban J connectivity index is 3.36. The molecule has 0 saturated carbocycles. The molecule has 6 nitrogen and oxygen atoms in total. The molecule has 0 aromatic heterocycles. The summed E-state index contributed by atoms with van der Waals surface area (Å²) in [6.07, 6.45) is 0.672. The monoisotopic (exact) mass is 301 g/mol. The summed E-state index contributed by atoms with van der Waals surface area (Å²) in [5, 5.41) is 0. The maximum absolute atomic E-state index is 12.9. The molecule has 0 bridgehead atoms. The van der Waals surface area contributed by atoms with Crippen LogP contribution in [0, 0.1) is 0 Å². The van der Waals surface area contributed by atoms with Crippen LogP contribution in [0.5, 0.6) is 0 Å². The summed E-state index contributed by atoms with van der Waals surface area (Å²) < 4.78 is 28.6. The third kappa shape index (κ3) is 3.16. The lowest BCUT2D eigenvalue weighted by Gasteiger charge is -2.34. The topological polar surface area (TPSA) is 87.8 Å². The van der Waals surface area contributed by atoms with Gasteiger partial charge >= 0.3 is 7.60 Å². The van der Waals surface area contributed by atoms with E-state index in [1.54, 1.807) is 32.0 Å². The van der Waals surface area contributed by atoms with Crippen molar-refractivity contribution in [3.05, 3.63) is 35.4 Å². The maximum atomic E-state index is 12.9. The van der Waals surface area contributed by atoms with Crippen LogP contribution in [-0.4, -0.2) is 26.6 Å². The summed E-state index contributed by atoms with van der Waals surface area (Å²) in [5.41, 5.74) is 5.13. The summed E-state index contributed by atoms with van der Waals surface area (Å²) >= 11 is 0. The Morgan fingerprint density at radius 2 is 1.90 bits per heavy atom. The van der Waals surface area contributed by atoms with Crippen LogP contribution in [0.1, 0.15) is 29.8 Å². The molecule has 0 heterocycles. The molecule has 0 spiro atoms. The number of hydrogen-bond acceptors (Lipinski definition) is 6. The van der Waals surface area contributed by atoms with Gasteiger partial charge in [0.2, 0.25) is 5.47 Å². The van der Waals surface area contributed by atoms with Gasteiger partial charge < -0.3 is 13.8 Å². The molecular formula is C13H20NO5P. The number of benzene rings is 1. The van der Waals surface area contributed by atoms with Crippen LogP contribution in [-0.2, 0) is 23.8 Å². The summed E-state index contributed by atoms with van der Waals surface area (Å²) in [5.74, 6) is 0. The lowest BCUT2D eigenvalue weighted by Crippen LogP contribution is -2.40. The van der Waals surface area contributed by atoms with Crippen LogP contribution < -0.4 is 5.73 Å². The van der Waals surface area contributed by atoms with Crippen LogP contribution in [0.25, 0.3) is 0 Å². The molecule has 0 radical (unpaired) electrons. The van der Waals surface area contributed by atoms with E-state index in [1.807, 2.05) is 0 Å². The third-order valence-electron chi connectivity index (χ3n) is 2.75. The first-order chi connectivity index (χ1) is 9.47. The number of nitrogens with two attached hydrogens (primary N) is 1. The van der Waals surface area contributed by atoms with Gasteiger partial charge in [-0.2, -0.15) is 0 Å². The molecule has 0 aliphatic carbocycles. The number of ether oxygens (including phenoxy) is 1. The second-order valence-corrected chi connectivity index (χ2v) is 6.15. The van der Waals surface area contributed by atoms with Crippen LogP contribution in [0.4, 0.5) is 0 Å². The predicted octanol–water partition coefficient (Wildman–Crippen LogP) is 2.48. The number of methoxy groups -OCH3 is 1. The smallest absolute Gasteiger partial charge is 0.349 e. The second-order valence-electron chi connectivity index (χ2n) is 3.98. The van der Waals surface area contributed by atoms with Gasteiger partial charge in [0.1, 0.15) is 6.29 Å². The summed E-state index contributed by atoms with van der Waals surface area (Å²) in [6, 6.07) is 6.35. The lowest BCUT2D eigenvalue weighted by atomic mass is 10.1. The van der Waals surface area contributed by atoms with E-state index in [2.05, 4.69) is 0 Å². The zero-order valence-corrected chi connectivity index (χ0v) is 12.8. The molecule has 2 N–H and O–H groups in total. The highest BCUT2D eigenvalue weighted by Gasteiger charge is 2.50. The Hall–Kier alpha value is -1.04. The average molecular weight is 301 g/mol. The Labute approximate surface area is 118 Å². The summed E-state index contributed by atoms with van der Waals surface area (Å²) in [4.78, 5) is 10.9. The number of carbonyl (C=O) groups is 1. The second kappa shape index (κ2) is 7.11. The fourth-order valence-corrected chi connectivity index (χ4v) is 3.61. The van der Waals surface area contributed by atoms with Gasteiger partial charge in [-0.15, -0.1) is 0 Å². The van der Waals surface area contributed by atoms with Gasteiger partial charge in [0, 0.05) is 18.2 Å². The minimum absolute atomic E-state index is 0.160. The molecule has 0 fully saturated rings. The van der Waals surface area contributed by atoms with Crippen molar-refractivity contribution in [3.8, 4) is 0 Å². The van der Waals surface area contributed by atoms with Gasteiger partial charge in [-0.25, -0.2) is 0 Å². The number of aldehydes is 1. The van der Waals surface area contributed by atoms with Gasteiger partial charge in [-0.1, -0.05) is 18.2 Å². The Morgan fingerprint density at radius 1 is 1.30 bits per heavy atom. The van der Waals surface area contributed by atoms with Crippen LogP contribution >= 0.6 is 7.60 Å². The summed E-state index contributed by atoms with van der Waals surface area (Å²) in [6.45, 7) is 3.69. The zero-order valence-electron chi connectivity index (χ0n) is 11.9. The van der Waals surface area contributed by atoms with Gasteiger partial charge in [-0.05, 0) is 19.9 Å². The van der Waals surface area contributed by atoms with Crippen molar-refractivity contribution in [1.29, 1.82) is 0 Å². The molecule has 7 heteroatoms. The number of hydrogen-bond donors (Lipinski definition) is 1. The van der Waals surface area contributed by atoms with Crippen molar-refractivity contribution >= 4 is 13.9 Å². The van der Waals surface area contributed by atoms with Crippen LogP contribution in [0.15, 0.2) is 24.3 Å². The average Bonchev–Trinajstić information content (AvgIpc) is 2.46. The first kappa shape index (κ1) is 17.0. The van der Waals surface area contributed by atoms with Crippen molar-refractivity contribution in [3.63, 3.8) is 0 Å². The molecule has 112 valence electrons. The molecule has 1 aromatic rings. The van der Waals surface area contributed by atoms with E-state index in [0.717, 1.165) is 0 Å². The van der Waals surface area contributed by atoms with E-state index < -0.39 is 13.1 Å². The van der Waals surface area contributed by atoms with E-state index in [-0.39, 0.29) is 13.2 Å². The highest BCUT2D eigenvalue weighted by atomic mass is 31.2. The number of carbonyl (C=O) groups excluding carboxylic acids is 1. The Morgan fingerprint density at radius 3 is 2.35 bits per heavy atom. The van der Waals surface area contributed by atoms with E-state index in [9.17, 15) is 9.36 Å². The Bertz CT molecular complexity index is 497. The van der Waals surface area contributed by atoms with Crippen LogP contribution in [0.2, 0.25) is 0 Å². The van der Waals surface area contributed by atoms with Crippen molar-refractivity contribution in [2.24, 2.45) is 5.73 Å². The van der Waals surface area contributed by atoms with Gasteiger partial charge in [-0.3, -0.25) is 15.1 Å². The maximum Gasteiger partial charge on any atom is 0.381 e. The minimum Gasteiger partial charge on any atom is -0.349 e. The molecule has 0 aliphatic rings. The normalized spacial score (nSPS) is 14.8. The standard InChI is InChI=1S/C13H20NO5P/c1-4-18-20(16,19-5-2)13(14,17-3)12-8-6-7-11(9-12)10-15/h6-10H,4-5,14H2,1-3H3/t13-/m0/s1. The van der Waals surface area contributed by atoms with Crippen molar-refractivity contribution < 1.29 is 23.1 Å². The Kier molecular flexibility index (Phi) is 6.05. The molecule has 1 rings (SSSR count). The van der Waals surface area contributed by atoms with Crippen molar-refractivity contribution in [2.75, 3.05) is 20.3 Å². The van der Waals surface area contributed by atoms with Crippen LogP contribution in [0.3, 0.4) is 0 Å². The van der Waals surface area contributed by atoms with E-state index in [0.29, 0.717) is 17.4 Å². The first-order valence-corrected chi connectivity index (χ1v) is 7.80. The zero-order chi connectivity index (χ0) is 15.2. The fourth-order valence-electron chi connectivity index (χ4n) is 1.79. The fraction of sp³-hybridized carbons (Fsp3) is 0.462. The SMILES string of the molecule is CCOP(=O)(OCC)[C@@](N)(OC)c1cccc(C=O)c1. The first-order valence-electron chi connectivity index (χ1n) is 6.26. The molecule has 1 atom stereocenters. The minimum atomic E-state index is -3.75. The molecule has 0 amide bonds. The quantitative estimate of drug-likeness (QED) is 0.451. The highest BCUT2D eigenvalue weighted by molar-refractivity contribution is 7.54. The lowest BCUT2D eigenvalue weighted by molar-refractivity contribution is 0.0251. The predicted molar refractivity (Wildman–Crippen MR) is 75.6 cm³/mol. The highest BCUT2D eigenvalue weighted by Crippen LogP contribution is 2.62. The molecule has 20 heavy (non-hydrogen) atoms.